The number of methoxy groups -OCH3 is 1. The van der Waals surface area contributed by atoms with E-state index in [-0.39, 0.29) is 15.7 Å². The topological polar surface area (TPSA) is 109 Å². The first-order chi connectivity index (χ1) is 11.9. The van der Waals surface area contributed by atoms with Crippen molar-refractivity contribution < 1.29 is 14.8 Å². The van der Waals surface area contributed by atoms with Crippen molar-refractivity contribution >= 4 is 46.5 Å². The van der Waals surface area contributed by atoms with Crippen LogP contribution in [-0.4, -0.2) is 28.5 Å². The van der Waals surface area contributed by atoms with Crippen LogP contribution in [0.2, 0.25) is 5.02 Å². The molecule has 0 atom stereocenters. The first-order valence-corrected chi connectivity index (χ1v) is 7.61. The van der Waals surface area contributed by atoms with Gasteiger partial charge in [-0.25, -0.2) is 0 Å². The summed E-state index contributed by atoms with van der Waals surface area (Å²) >= 11 is 10.9. The van der Waals surface area contributed by atoms with Crippen LogP contribution in [0.15, 0.2) is 41.5 Å². The van der Waals surface area contributed by atoms with Crippen LogP contribution in [0.3, 0.4) is 0 Å². The van der Waals surface area contributed by atoms with Gasteiger partial charge in [0.25, 0.3) is 0 Å². The lowest BCUT2D eigenvalue weighted by molar-refractivity contribution is -0.385. The highest BCUT2D eigenvalue weighted by atomic mass is 35.5. The highest BCUT2D eigenvalue weighted by molar-refractivity contribution is 7.80. The van der Waals surface area contributed by atoms with Gasteiger partial charge in [-0.2, -0.15) is 5.10 Å². The van der Waals surface area contributed by atoms with Gasteiger partial charge in [0.05, 0.1) is 23.9 Å². The van der Waals surface area contributed by atoms with Crippen LogP contribution in [0, 0.1) is 10.1 Å². The van der Waals surface area contributed by atoms with E-state index in [2.05, 4.69) is 15.8 Å². The highest BCUT2D eigenvalue weighted by Crippen LogP contribution is 2.32. The highest BCUT2D eigenvalue weighted by Gasteiger charge is 2.17. The standard InChI is InChI=1S/C15H13ClN4O4S/c1-24-13-5-3-2-4-11(13)18-15(25)19-17-8-9-6-10(16)7-12(14(9)21)20(22)23/h2-8,21H,1H3,(H2,18,19,25)/b17-8+. The van der Waals surface area contributed by atoms with Crippen molar-refractivity contribution in [3.8, 4) is 11.5 Å². The number of ether oxygens (including phenoxy) is 1. The van der Waals surface area contributed by atoms with E-state index >= 15 is 0 Å². The summed E-state index contributed by atoms with van der Waals surface area (Å²) in [7, 11) is 1.53. The van der Waals surface area contributed by atoms with Gasteiger partial charge in [-0.05, 0) is 30.4 Å². The SMILES string of the molecule is COc1ccccc1NC(=S)N/N=C/c1cc(Cl)cc([N+](=O)[O-])c1O. The molecule has 0 bridgehead atoms. The fraction of sp³-hybridized carbons (Fsp3) is 0.0667. The molecule has 0 amide bonds. The second-order valence-electron chi connectivity index (χ2n) is 4.64. The number of hydrogen-bond acceptors (Lipinski definition) is 6. The molecule has 0 aliphatic heterocycles. The minimum absolute atomic E-state index is 0.0757. The summed E-state index contributed by atoms with van der Waals surface area (Å²) in [6.07, 6.45) is 1.17. The second-order valence-corrected chi connectivity index (χ2v) is 5.49. The first-order valence-electron chi connectivity index (χ1n) is 6.82. The van der Waals surface area contributed by atoms with Crippen molar-refractivity contribution in [2.24, 2.45) is 5.10 Å². The molecule has 2 aromatic carbocycles. The smallest absolute Gasteiger partial charge is 0.312 e. The van der Waals surface area contributed by atoms with Crippen LogP contribution < -0.4 is 15.5 Å². The van der Waals surface area contributed by atoms with Gasteiger partial charge in [-0.15, -0.1) is 0 Å². The summed E-state index contributed by atoms with van der Waals surface area (Å²) in [5.41, 5.74) is 2.74. The summed E-state index contributed by atoms with van der Waals surface area (Å²) in [4.78, 5) is 10.1. The zero-order chi connectivity index (χ0) is 18.4. The predicted octanol–water partition coefficient (Wildman–Crippen LogP) is 3.28. The number of hydrogen-bond donors (Lipinski definition) is 3. The lowest BCUT2D eigenvalue weighted by Crippen LogP contribution is -2.24. The number of nitro benzene ring substituents is 1. The summed E-state index contributed by atoms with van der Waals surface area (Å²) in [6.45, 7) is 0. The van der Waals surface area contributed by atoms with E-state index in [1.807, 2.05) is 6.07 Å². The molecule has 0 saturated carbocycles. The van der Waals surface area contributed by atoms with E-state index in [0.29, 0.717) is 11.4 Å². The quantitative estimate of drug-likeness (QED) is 0.316. The summed E-state index contributed by atoms with van der Waals surface area (Å²) < 4.78 is 5.18. The Morgan fingerprint density at radius 2 is 2.16 bits per heavy atom. The number of nitrogens with zero attached hydrogens (tertiary/aromatic N) is 2. The van der Waals surface area contributed by atoms with Gasteiger partial charge in [0.1, 0.15) is 5.75 Å². The van der Waals surface area contributed by atoms with Crippen molar-refractivity contribution in [1.29, 1.82) is 0 Å². The van der Waals surface area contributed by atoms with Gasteiger partial charge in [-0.1, -0.05) is 23.7 Å². The molecule has 130 valence electrons. The maximum absolute atomic E-state index is 10.9. The Kier molecular flexibility index (Phi) is 6.09. The van der Waals surface area contributed by atoms with Crippen LogP contribution in [0.25, 0.3) is 0 Å². The minimum Gasteiger partial charge on any atom is -0.502 e. The number of phenols is 1. The number of nitrogens with one attached hydrogen (secondary N) is 2. The molecular formula is C15H13ClN4O4S. The lowest BCUT2D eigenvalue weighted by Gasteiger charge is -2.10. The average Bonchev–Trinajstić information content (AvgIpc) is 2.57. The lowest BCUT2D eigenvalue weighted by atomic mass is 10.2. The summed E-state index contributed by atoms with van der Waals surface area (Å²) in [6, 6.07) is 9.54. The molecular weight excluding hydrogens is 368 g/mol. The number of phenolic OH excluding ortho intramolecular Hbond substituents is 1. The maximum Gasteiger partial charge on any atom is 0.312 e. The molecule has 0 aromatic heterocycles. The minimum atomic E-state index is -0.736. The van der Waals surface area contributed by atoms with Gasteiger partial charge in [0.2, 0.25) is 5.75 Å². The Morgan fingerprint density at radius 3 is 2.84 bits per heavy atom. The van der Waals surface area contributed by atoms with E-state index in [1.165, 1.54) is 19.4 Å². The number of halogens is 1. The monoisotopic (exact) mass is 380 g/mol. The fourth-order valence-electron chi connectivity index (χ4n) is 1.90. The number of aromatic hydroxyl groups is 1. The maximum atomic E-state index is 10.9. The van der Waals surface area contributed by atoms with Crippen molar-refractivity contribution in [3.63, 3.8) is 0 Å². The second kappa shape index (κ2) is 8.27. The van der Waals surface area contributed by atoms with E-state index in [4.69, 9.17) is 28.6 Å². The molecule has 0 saturated heterocycles. The van der Waals surface area contributed by atoms with E-state index in [9.17, 15) is 15.2 Å². The van der Waals surface area contributed by atoms with Gasteiger partial charge in [0, 0.05) is 16.7 Å². The van der Waals surface area contributed by atoms with Crippen LogP contribution >= 0.6 is 23.8 Å². The Hall–Kier alpha value is -2.91. The third-order valence-electron chi connectivity index (χ3n) is 3.01. The van der Waals surface area contributed by atoms with Gasteiger partial charge < -0.3 is 15.2 Å². The molecule has 0 heterocycles. The van der Waals surface area contributed by atoms with Crippen LogP contribution in [0.4, 0.5) is 11.4 Å². The molecule has 3 N–H and O–H groups in total. The normalized spacial score (nSPS) is 10.5. The van der Waals surface area contributed by atoms with Crippen LogP contribution in [0.1, 0.15) is 5.56 Å². The van der Waals surface area contributed by atoms with E-state index in [1.54, 1.807) is 18.2 Å². The molecule has 2 aromatic rings. The Balaban J connectivity index is 2.08. The number of thiocarbonyl (C=S) groups is 1. The van der Waals surface area contributed by atoms with Crippen molar-refractivity contribution in [3.05, 3.63) is 57.1 Å². The van der Waals surface area contributed by atoms with Crippen LogP contribution in [0.5, 0.6) is 11.5 Å². The van der Waals surface area contributed by atoms with E-state index in [0.717, 1.165) is 6.07 Å². The molecule has 25 heavy (non-hydrogen) atoms. The molecule has 10 heteroatoms. The Morgan fingerprint density at radius 1 is 1.44 bits per heavy atom. The molecule has 0 aliphatic carbocycles. The third kappa shape index (κ3) is 4.78. The number of anilines is 1. The number of benzene rings is 2. The molecule has 0 unspecified atom stereocenters. The molecule has 0 radical (unpaired) electrons. The van der Waals surface area contributed by atoms with Gasteiger partial charge in [-0.3, -0.25) is 15.5 Å². The molecule has 2 rings (SSSR count). The average molecular weight is 381 g/mol. The molecule has 8 nitrogen and oxygen atoms in total. The third-order valence-corrected chi connectivity index (χ3v) is 3.42. The Bertz CT molecular complexity index is 844. The molecule has 0 aliphatic rings. The largest absolute Gasteiger partial charge is 0.502 e. The zero-order valence-corrected chi connectivity index (χ0v) is 14.5. The summed E-state index contributed by atoms with van der Waals surface area (Å²) in [5.74, 6) is 0.0577. The first kappa shape index (κ1) is 18.4. The number of nitro groups is 1. The van der Waals surface area contributed by atoms with E-state index < -0.39 is 16.4 Å². The zero-order valence-electron chi connectivity index (χ0n) is 12.9. The number of hydrazone groups is 1. The predicted molar refractivity (Wildman–Crippen MR) is 99.7 cm³/mol. The Labute approximate surface area is 153 Å². The van der Waals surface area contributed by atoms with Gasteiger partial charge in [0.15, 0.2) is 5.11 Å². The number of para-hydroxylation sites is 2. The molecule has 0 spiro atoms. The van der Waals surface area contributed by atoms with Crippen molar-refractivity contribution in [2.75, 3.05) is 12.4 Å². The number of rotatable bonds is 5. The van der Waals surface area contributed by atoms with Gasteiger partial charge >= 0.3 is 5.69 Å². The molecule has 0 fully saturated rings. The van der Waals surface area contributed by atoms with Crippen molar-refractivity contribution in [1.82, 2.24) is 5.43 Å². The fourth-order valence-corrected chi connectivity index (χ4v) is 2.29. The van der Waals surface area contributed by atoms with Crippen LogP contribution in [-0.2, 0) is 0 Å². The summed E-state index contributed by atoms with van der Waals surface area (Å²) in [5, 5.41) is 27.7. The van der Waals surface area contributed by atoms with Crippen molar-refractivity contribution in [2.45, 2.75) is 0 Å².